The molecule has 1 aliphatic heterocycles. The zero-order valence-corrected chi connectivity index (χ0v) is 23.3. The molecule has 2 amide bonds. The third-order valence-corrected chi connectivity index (χ3v) is 7.96. The van der Waals surface area contributed by atoms with Crippen molar-refractivity contribution in [3.05, 3.63) is 35.7 Å². The molecule has 1 aliphatic rings. The predicted molar refractivity (Wildman–Crippen MR) is 138 cm³/mol. The van der Waals surface area contributed by atoms with E-state index in [1.54, 1.807) is 54.6 Å². The Bertz CT molecular complexity index is 1240. The van der Waals surface area contributed by atoms with Crippen LogP contribution in [-0.4, -0.2) is 48.4 Å². The molecule has 2 heterocycles. The highest BCUT2D eigenvalue weighted by Gasteiger charge is 2.44. The Labute approximate surface area is 214 Å². The van der Waals surface area contributed by atoms with E-state index in [1.165, 1.54) is 0 Å². The van der Waals surface area contributed by atoms with Gasteiger partial charge in [0.25, 0.3) is 0 Å². The lowest BCUT2D eigenvalue weighted by atomic mass is 9.83. The second kappa shape index (κ2) is 9.88. The van der Waals surface area contributed by atoms with Crippen LogP contribution in [0.3, 0.4) is 0 Å². The molecule has 1 atom stereocenters. The van der Waals surface area contributed by atoms with Gasteiger partial charge in [0.1, 0.15) is 10.5 Å². The van der Waals surface area contributed by atoms with Crippen LogP contribution in [0.2, 0.25) is 0 Å². The number of carbonyl (C=O) groups is 2. The number of benzene rings is 1. The van der Waals surface area contributed by atoms with Gasteiger partial charge >= 0.3 is 6.09 Å². The van der Waals surface area contributed by atoms with Crippen molar-refractivity contribution in [3.8, 4) is 0 Å². The van der Waals surface area contributed by atoms with Gasteiger partial charge in [-0.3, -0.25) is 9.48 Å². The number of aromatic nitrogens is 2. The predicted octanol–water partition coefficient (Wildman–Crippen LogP) is 4.13. The van der Waals surface area contributed by atoms with Crippen LogP contribution in [0.25, 0.3) is 0 Å². The van der Waals surface area contributed by atoms with Crippen molar-refractivity contribution >= 4 is 27.5 Å². The summed E-state index contributed by atoms with van der Waals surface area (Å²) in [5.41, 5.74) is 0.756. The first-order valence-corrected chi connectivity index (χ1v) is 13.8. The molecule has 9 nitrogen and oxygen atoms in total. The highest BCUT2D eigenvalue weighted by atomic mass is 32.2. The van der Waals surface area contributed by atoms with Gasteiger partial charge in [0.2, 0.25) is 15.7 Å². The largest absolute Gasteiger partial charge is 0.444 e. The summed E-state index contributed by atoms with van der Waals surface area (Å²) >= 11 is 0. The van der Waals surface area contributed by atoms with Gasteiger partial charge in [-0.15, -0.1) is 0 Å². The van der Waals surface area contributed by atoms with E-state index >= 15 is 0 Å². The molecular weight excluding hydrogens is 480 g/mol. The van der Waals surface area contributed by atoms with Gasteiger partial charge < -0.3 is 15.0 Å². The fourth-order valence-electron chi connectivity index (χ4n) is 4.33. The Kier molecular flexibility index (Phi) is 7.60. The second-order valence-corrected chi connectivity index (χ2v) is 12.8. The fraction of sp³-hybridized carbons (Fsp3) is 0.577. The minimum absolute atomic E-state index is 0.0232. The summed E-state index contributed by atoms with van der Waals surface area (Å²) in [7, 11) is -3.85. The van der Waals surface area contributed by atoms with Crippen LogP contribution in [-0.2, 0) is 38.8 Å². The van der Waals surface area contributed by atoms with Crippen LogP contribution in [0, 0.1) is 5.41 Å². The van der Waals surface area contributed by atoms with Gasteiger partial charge in [0.15, 0.2) is 0 Å². The summed E-state index contributed by atoms with van der Waals surface area (Å²) in [5.74, 6) is 0.0232. The second-order valence-electron chi connectivity index (χ2n) is 10.9. The number of sulfone groups is 1. The van der Waals surface area contributed by atoms with Crippen LogP contribution in [0.1, 0.15) is 66.8 Å². The van der Waals surface area contributed by atoms with Crippen LogP contribution >= 0.6 is 0 Å². The SMILES string of the molecule is CCc1nn(C[C@H](C)NC(=O)OC(C)(C)C)c(CC)c1S(=O)(=O)c1ccc(N2CC(C)(C)C2=O)cc1. The number of anilines is 1. The number of hydrogen-bond acceptors (Lipinski definition) is 6. The van der Waals surface area contributed by atoms with Crippen LogP contribution < -0.4 is 10.2 Å². The summed E-state index contributed by atoms with van der Waals surface area (Å²) in [6, 6.07) is 6.12. The summed E-state index contributed by atoms with van der Waals surface area (Å²) in [5, 5.41) is 7.39. The average molecular weight is 519 g/mol. The standard InChI is InChI=1S/C26H38N4O5S/c1-9-20-22(21(10-2)30(28-20)15-17(3)27-24(32)35-25(4,5)6)36(33,34)19-13-11-18(12-14-19)29-16-26(7,8)23(29)31/h11-14,17H,9-10,15-16H2,1-8H3,(H,27,32)/t17-/m0/s1. The average Bonchev–Trinajstić information content (AvgIpc) is 3.13. The van der Waals surface area contributed by atoms with Gasteiger partial charge in [0, 0.05) is 18.3 Å². The highest BCUT2D eigenvalue weighted by Crippen LogP contribution is 2.36. The number of rotatable bonds is 8. The molecule has 0 radical (unpaired) electrons. The van der Waals surface area contributed by atoms with Crippen LogP contribution in [0.4, 0.5) is 10.5 Å². The Hall–Kier alpha value is -2.88. The van der Waals surface area contributed by atoms with Crippen molar-refractivity contribution in [2.75, 3.05) is 11.4 Å². The molecule has 198 valence electrons. The molecule has 36 heavy (non-hydrogen) atoms. The fourth-order valence-corrected chi connectivity index (χ4v) is 6.11. The number of hydrogen-bond donors (Lipinski definition) is 1. The molecule has 1 fully saturated rings. The zero-order chi connectivity index (χ0) is 27.1. The molecular formula is C26H38N4O5S. The summed E-state index contributed by atoms with van der Waals surface area (Å²) in [4.78, 5) is 26.5. The number of nitrogens with zero attached hydrogens (tertiary/aromatic N) is 3. The number of ether oxygens (including phenoxy) is 1. The quantitative estimate of drug-likeness (QED) is 0.526. The van der Waals surface area contributed by atoms with E-state index in [1.807, 2.05) is 34.6 Å². The number of amides is 2. The molecule has 0 aliphatic carbocycles. The molecule has 1 saturated heterocycles. The van der Waals surface area contributed by atoms with Crippen molar-refractivity contribution < 1.29 is 22.7 Å². The number of carbonyl (C=O) groups excluding carboxylic acids is 2. The molecule has 0 bridgehead atoms. The number of nitrogens with one attached hydrogen (secondary N) is 1. The maximum Gasteiger partial charge on any atom is 0.407 e. The maximum absolute atomic E-state index is 13.7. The van der Waals surface area contributed by atoms with E-state index in [0.717, 1.165) is 0 Å². The molecule has 1 aromatic carbocycles. The first-order chi connectivity index (χ1) is 16.6. The van der Waals surface area contributed by atoms with E-state index in [-0.39, 0.29) is 27.2 Å². The first kappa shape index (κ1) is 27.7. The molecule has 0 spiro atoms. The first-order valence-electron chi connectivity index (χ1n) is 12.4. The summed E-state index contributed by atoms with van der Waals surface area (Å²) < 4.78 is 34.5. The molecule has 1 N–H and O–H groups in total. The van der Waals surface area contributed by atoms with Crippen molar-refractivity contribution in [1.29, 1.82) is 0 Å². The third kappa shape index (κ3) is 5.58. The van der Waals surface area contributed by atoms with E-state index in [4.69, 9.17) is 4.74 Å². The molecule has 0 saturated carbocycles. The van der Waals surface area contributed by atoms with Gasteiger partial charge in [-0.1, -0.05) is 13.8 Å². The topological polar surface area (TPSA) is 111 Å². The minimum atomic E-state index is -3.85. The molecule has 10 heteroatoms. The Morgan fingerprint density at radius 1 is 1.17 bits per heavy atom. The lowest BCUT2D eigenvalue weighted by Gasteiger charge is -2.44. The van der Waals surface area contributed by atoms with Crippen molar-refractivity contribution in [2.45, 2.75) is 96.2 Å². The number of β-lactam (4-membered cyclic amide) rings is 1. The minimum Gasteiger partial charge on any atom is -0.444 e. The van der Waals surface area contributed by atoms with Crippen LogP contribution in [0.5, 0.6) is 0 Å². The van der Waals surface area contributed by atoms with Gasteiger partial charge in [-0.25, -0.2) is 13.2 Å². The molecule has 0 unspecified atom stereocenters. The van der Waals surface area contributed by atoms with Crippen molar-refractivity contribution in [1.82, 2.24) is 15.1 Å². The molecule has 3 rings (SSSR count). The molecule has 1 aromatic heterocycles. The monoisotopic (exact) mass is 518 g/mol. The smallest absolute Gasteiger partial charge is 0.407 e. The van der Waals surface area contributed by atoms with E-state index in [2.05, 4.69) is 10.4 Å². The number of alkyl carbamates (subject to hydrolysis) is 1. The van der Waals surface area contributed by atoms with E-state index in [0.29, 0.717) is 43.0 Å². The van der Waals surface area contributed by atoms with Gasteiger partial charge in [0.05, 0.1) is 28.2 Å². The normalized spacial score (nSPS) is 16.4. The summed E-state index contributed by atoms with van der Waals surface area (Å²) in [6.07, 6.45) is 0.363. The van der Waals surface area contributed by atoms with Gasteiger partial charge in [-0.05, 0) is 78.6 Å². The van der Waals surface area contributed by atoms with Crippen molar-refractivity contribution in [2.24, 2.45) is 5.41 Å². The third-order valence-electron chi connectivity index (χ3n) is 6.06. The van der Waals surface area contributed by atoms with Crippen molar-refractivity contribution in [3.63, 3.8) is 0 Å². The highest BCUT2D eigenvalue weighted by molar-refractivity contribution is 7.91. The Balaban J connectivity index is 1.87. The lowest BCUT2D eigenvalue weighted by Crippen LogP contribution is -2.58. The maximum atomic E-state index is 13.7. The Morgan fingerprint density at radius 3 is 2.25 bits per heavy atom. The lowest BCUT2D eigenvalue weighted by molar-refractivity contribution is -0.132. The Morgan fingerprint density at radius 2 is 1.78 bits per heavy atom. The van der Waals surface area contributed by atoms with E-state index in [9.17, 15) is 18.0 Å². The van der Waals surface area contributed by atoms with E-state index < -0.39 is 21.5 Å². The van der Waals surface area contributed by atoms with Crippen LogP contribution in [0.15, 0.2) is 34.1 Å². The number of aryl methyl sites for hydroxylation is 1. The molecule has 2 aromatic rings. The summed E-state index contributed by atoms with van der Waals surface area (Å²) in [6.45, 7) is 15.6. The van der Waals surface area contributed by atoms with Gasteiger partial charge in [-0.2, -0.15) is 5.10 Å². The zero-order valence-electron chi connectivity index (χ0n) is 22.5.